The first-order chi connectivity index (χ1) is 12.9. The molecule has 27 heavy (non-hydrogen) atoms. The molecule has 1 saturated heterocycles. The van der Waals surface area contributed by atoms with Gasteiger partial charge in [-0.3, -0.25) is 4.79 Å². The number of para-hydroxylation sites is 1. The van der Waals surface area contributed by atoms with Crippen molar-refractivity contribution in [3.63, 3.8) is 0 Å². The quantitative estimate of drug-likeness (QED) is 0.865. The minimum Gasteiger partial charge on any atom is -0.481 e. The van der Waals surface area contributed by atoms with Crippen LogP contribution in [0.2, 0.25) is 0 Å². The number of piperazine rings is 1. The third kappa shape index (κ3) is 4.71. The highest BCUT2D eigenvalue weighted by molar-refractivity contribution is 5.93. The standard InChI is InChI=1S/C19H24FN5O2/c1-13-18(23-17(26)12-27-16-7-5-4-6-15(16)20)14(2)22-19(21-13)25-10-8-24(3)9-11-25/h4-7H,8-12H2,1-3H3,(H,23,26). The molecule has 0 bridgehead atoms. The summed E-state index contributed by atoms with van der Waals surface area (Å²) in [6.45, 7) is 7.05. The van der Waals surface area contributed by atoms with Crippen molar-refractivity contribution in [1.82, 2.24) is 14.9 Å². The Morgan fingerprint density at radius 1 is 1.15 bits per heavy atom. The van der Waals surface area contributed by atoms with Crippen LogP contribution in [0.4, 0.5) is 16.0 Å². The van der Waals surface area contributed by atoms with Crippen molar-refractivity contribution in [3.8, 4) is 5.75 Å². The Morgan fingerprint density at radius 3 is 2.41 bits per heavy atom. The van der Waals surface area contributed by atoms with E-state index in [0.29, 0.717) is 23.0 Å². The van der Waals surface area contributed by atoms with Crippen molar-refractivity contribution in [3.05, 3.63) is 41.5 Å². The Morgan fingerprint density at radius 2 is 1.78 bits per heavy atom. The van der Waals surface area contributed by atoms with E-state index in [4.69, 9.17) is 4.74 Å². The molecule has 0 saturated carbocycles. The molecule has 0 spiro atoms. The zero-order valence-electron chi connectivity index (χ0n) is 15.8. The summed E-state index contributed by atoms with van der Waals surface area (Å²) in [6.07, 6.45) is 0. The SMILES string of the molecule is Cc1nc(N2CCN(C)CC2)nc(C)c1NC(=O)COc1ccccc1F. The second-order valence-electron chi connectivity index (χ2n) is 6.63. The Balaban J connectivity index is 1.64. The number of carbonyl (C=O) groups excluding carboxylic acids is 1. The van der Waals surface area contributed by atoms with Gasteiger partial charge in [-0.05, 0) is 33.0 Å². The molecular formula is C19H24FN5O2. The number of benzene rings is 1. The van der Waals surface area contributed by atoms with Crippen molar-refractivity contribution < 1.29 is 13.9 Å². The molecule has 1 amide bonds. The average molecular weight is 373 g/mol. The summed E-state index contributed by atoms with van der Waals surface area (Å²) in [4.78, 5) is 25.7. The van der Waals surface area contributed by atoms with E-state index in [1.54, 1.807) is 12.1 Å². The fraction of sp³-hybridized carbons (Fsp3) is 0.421. The third-order valence-electron chi connectivity index (χ3n) is 4.50. The molecule has 0 radical (unpaired) electrons. The molecule has 1 aromatic carbocycles. The Hall–Kier alpha value is -2.74. The summed E-state index contributed by atoms with van der Waals surface area (Å²) in [5.74, 6) is -0.167. The number of ether oxygens (including phenoxy) is 1. The van der Waals surface area contributed by atoms with Crippen molar-refractivity contribution in [1.29, 1.82) is 0 Å². The van der Waals surface area contributed by atoms with Crippen LogP contribution in [0.25, 0.3) is 0 Å². The number of hydrogen-bond donors (Lipinski definition) is 1. The molecule has 3 rings (SSSR count). The lowest BCUT2D eigenvalue weighted by molar-refractivity contribution is -0.118. The molecule has 0 unspecified atom stereocenters. The van der Waals surface area contributed by atoms with Crippen LogP contribution in [0.1, 0.15) is 11.4 Å². The molecule has 1 aliphatic rings. The molecule has 1 fully saturated rings. The molecular weight excluding hydrogens is 349 g/mol. The number of anilines is 2. The highest BCUT2D eigenvalue weighted by atomic mass is 19.1. The third-order valence-corrected chi connectivity index (χ3v) is 4.50. The van der Waals surface area contributed by atoms with Gasteiger partial charge in [0.2, 0.25) is 5.95 Å². The van der Waals surface area contributed by atoms with Gasteiger partial charge in [0.15, 0.2) is 18.2 Å². The summed E-state index contributed by atoms with van der Waals surface area (Å²) in [5, 5.41) is 2.77. The lowest BCUT2D eigenvalue weighted by atomic mass is 10.2. The van der Waals surface area contributed by atoms with E-state index in [1.165, 1.54) is 12.1 Å². The molecule has 1 aromatic heterocycles. The van der Waals surface area contributed by atoms with Crippen LogP contribution in [0.15, 0.2) is 24.3 Å². The number of nitrogens with one attached hydrogen (secondary N) is 1. The van der Waals surface area contributed by atoms with Crippen LogP contribution in [-0.4, -0.2) is 60.6 Å². The maximum Gasteiger partial charge on any atom is 0.262 e. The largest absolute Gasteiger partial charge is 0.481 e. The van der Waals surface area contributed by atoms with E-state index in [-0.39, 0.29) is 18.3 Å². The predicted octanol–water partition coefficient (Wildman–Crippen LogP) is 2.00. The lowest BCUT2D eigenvalue weighted by Crippen LogP contribution is -2.45. The Labute approximate surface area is 158 Å². The second-order valence-corrected chi connectivity index (χ2v) is 6.63. The van der Waals surface area contributed by atoms with Crippen molar-refractivity contribution in [2.45, 2.75) is 13.8 Å². The van der Waals surface area contributed by atoms with Gasteiger partial charge in [0.25, 0.3) is 5.91 Å². The Bertz CT molecular complexity index is 798. The van der Waals surface area contributed by atoms with Gasteiger partial charge in [-0.25, -0.2) is 14.4 Å². The highest BCUT2D eigenvalue weighted by Crippen LogP contribution is 2.21. The van der Waals surface area contributed by atoms with Crippen LogP contribution >= 0.6 is 0 Å². The maximum atomic E-state index is 13.6. The van der Waals surface area contributed by atoms with Crippen LogP contribution in [-0.2, 0) is 4.79 Å². The van der Waals surface area contributed by atoms with Crippen molar-refractivity contribution >= 4 is 17.5 Å². The van der Waals surface area contributed by atoms with E-state index in [2.05, 4.69) is 32.1 Å². The molecule has 1 N–H and O–H groups in total. The molecule has 7 nitrogen and oxygen atoms in total. The topological polar surface area (TPSA) is 70.6 Å². The molecule has 144 valence electrons. The van der Waals surface area contributed by atoms with E-state index in [9.17, 15) is 9.18 Å². The highest BCUT2D eigenvalue weighted by Gasteiger charge is 2.19. The van der Waals surface area contributed by atoms with E-state index >= 15 is 0 Å². The zero-order chi connectivity index (χ0) is 19.4. The van der Waals surface area contributed by atoms with Gasteiger partial charge in [-0.15, -0.1) is 0 Å². The van der Waals surface area contributed by atoms with Crippen LogP contribution in [0.3, 0.4) is 0 Å². The number of halogens is 1. The summed E-state index contributed by atoms with van der Waals surface area (Å²) >= 11 is 0. The number of amides is 1. The van der Waals surface area contributed by atoms with E-state index in [0.717, 1.165) is 26.2 Å². The summed E-state index contributed by atoms with van der Waals surface area (Å²) in [6, 6.07) is 5.98. The number of hydrogen-bond acceptors (Lipinski definition) is 6. The van der Waals surface area contributed by atoms with Gasteiger partial charge >= 0.3 is 0 Å². The monoisotopic (exact) mass is 373 g/mol. The number of aromatic nitrogens is 2. The fourth-order valence-corrected chi connectivity index (χ4v) is 2.91. The summed E-state index contributed by atoms with van der Waals surface area (Å²) in [7, 11) is 2.09. The van der Waals surface area contributed by atoms with E-state index in [1.807, 2.05) is 13.8 Å². The normalized spacial score (nSPS) is 14.9. The van der Waals surface area contributed by atoms with Crippen molar-refractivity contribution in [2.24, 2.45) is 0 Å². The van der Waals surface area contributed by atoms with Gasteiger partial charge in [0.1, 0.15) is 0 Å². The minimum atomic E-state index is -0.502. The second kappa shape index (κ2) is 8.30. The van der Waals surface area contributed by atoms with Gasteiger partial charge in [-0.1, -0.05) is 12.1 Å². The number of nitrogens with zero attached hydrogens (tertiary/aromatic N) is 4. The number of rotatable bonds is 5. The lowest BCUT2D eigenvalue weighted by Gasteiger charge is -2.32. The van der Waals surface area contributed by atoms with Gasteiger partial charge in [0, 0.05) is 26.2 Å². The Kier molecular flexibility index (Phi) is 5.85. The molecule has 8 heteroatoms. The first-order valence-corrected chi connectivity index (χ1v) is 8.90. The van der Waals surface area contributed by atoms with Crippen LogP contribution in [0.5, 0.6) is 5.75 Å². The van der Waals surface area contributed by atoms with Crippen LogP contribution < -0.4 is 15.0 Å². The van der Waals surface area contributed by atoms with E-state index < -0.39 is 5.82 Å². The zero-order valence-corrected chi connectivity index (χ0v) is 15.8. The minimum absolute atomic E-state index is 0.0442. The first kappa shape index (κ1) is 19.0. The molecule has 2 heterocycles. The average Bonchev–Trinajstić information content (AvgIpc) is 2.64. The van der Waals surface area contributed by atoms with Gasteiger partial charge in [0.05, 0.1) is 17.1 Å². The maximum absolute atomic E-state index is 13.6. The number of aryl methyl sites for hydroxylation is 2. The fourth-order valence-electron chi connectivity index (χ4n) is 2.91. The molecule has 0 atom stereocenters. The first-order valence-electron chi connectivity index (χ1n) is 8.90. The van der Waals surface area contributed by atoms with Gasteiger partial charge in [-0.2, -0.15) is 0 Å². The predicted molar refractivity (Wildman–Crippen MR) is 102 cm³/mol. The smallest absolute Gasteiger partial charge is 0.262 e. The summed E-state index contributed by atoms with van der Waals surface area (Å²) < 4.78 is 18.8. The van der Waals surface area contributed by atoms with Crippen LogP contribution in [0, 0.1) is 19.7 Å². The molecule has 2 aromatic rings. The van der Waals surface area contributed by atoms with Gasteiger partial charge < -0.3 is 19.9 Å². The molecule has 0 aliphatic carbocycles. The summed E-state index contributed by atoms with van der Waals surface area (Å²) in [5.41, 5.74) is 1.95. The molecule has 1 aliphatic heterocycles. The van der Waals surface area contributed by atoms with Crippen molar-refractivity contribution in [2.75, 3.05) is 50.1 Å². The number of carbonyl (C=O) groups is 1. The number of likely N-dealkylation sites (N-methyl/N-ethyl adjacent to an activating group) is 1.